The van der Waals surface area contributed by atoms with Crippen LogP contribution in [0.2, 0.25) is 0 Å². The van der Waals surface area contributed by atoms with Gasteiger partial charge in [-0.1, -0.05) is 39.3 Å². The van der Waals surface area contributed by atoms with Gasteiger partial charge in [-0.3, -0.25) is 9.69 Å². The van der Waals surface area contributed by atoms with Crippen LogP contribution in [-0.2, 0) is 9.59 Å². The van der Waals surface area contributed by atoms with Crippen LogP contribution in [0.5, 0.6) is 0 Å². The number of amides is 1. The number of hydrogen-bond acceptors (Lipinski definition) is 3. The maximum absolute atomic E-state index is 12.4. The van der Waals surface area contributed by atoms with Gasteiger partial charge in [-0.15, -0.1) is 0 Å². The van der Waals surface area contributed by atoms with Crippen LogP contribution in [0.25, 0.3) is 0 Å². The van der Waals surface area contributed by atoms with Crippen LogP contribution in [0.3, 0.4) is 0 Å². The minimum atomic E-state index is -0.135. The van der Waals surface area contributed by atoms with E-state index in [-0.39, 0.29) is 17.8 Å². The summed E-state index contributed by atoms with van der Waals surface area (Å²) in [7, 11) is 2.04. The van der Waals surface area contributed by atoms with Gasteiger partial charge in [0, 0.05) is 12.6 Å². The maximum Gasteiger partial charge on any atom is 0.237 e. The largest absolute Gasteiger partial charge is 0.350 e. The Morgan fingerprint density at radius 2 is 1.59 bits per heavy atom. The second-order valence-corrected chi connectivity index (χ2v) is 8.98. The van der Waals surface area contributed by atoms with Crippen LogP contribution in [-0.4, -0.2) is 43.3 Å². The smallest absolute Gasteiger partial charge is 0.237 e. The van der Waals surface area contributed by atoms with Crippen LogP contribution < -0.4 is 5.32 Å². The van der Waals surface area contributed by atoms with Gasteiger partial charge in [0.1, 0.15) is 12.6 Å². The lowest BCUT2D eigenvalue weighted by Crippen LogP contribution is -2.60. The van der Waals surface area contributed by atoms with Gasteiger partial charge in [0.05, 0.1) is 6.04 Å². The highest BCUT2D eigenvalue weighted by molar-refractivity contribution is 5.82. The van der Waals surface area contributed by atoms with E-state index in [0.717, 1.165) is 24.3 Å². The van der Waals surface area contributed by atoms with Crippen molar-refractivity contribution in [3.8, 4) is 0 Å². The fourth-order valence-electron chi connectivity index (χ4n) is 3.28. The van der Waals surface area contributed by atoms with Crippen molar-refractivity contribution in [2.75, 3.05) is 13.6 Å². The fraction of sp³-hybridized carbons (Fsp3) is 0.667. The fourth-order valence-corrected chi connectivity index (χ4v) is 3.28. The van der Waals surface area contributed by atoms with Crippen LogP contribution in [0.15, 0.2) is 24.3 Å². The third-order valence-corrected chi connectivity index (χ3v) is 5.49. The topological polar surface area (TPSA) is 49.4 Å². The molecule has 2 aliphatic carbocycles. The molecule has 1 aliphatic heterocycles. The Labute approximate surface area is 176 Å². The molecule has 1 N–H and O–H groups in total. The third-order valence-electron chi connectivity index (χ3n) is 5.49. The quantitative estimate of drug-likeness (QED) is 0.768. The second kappa shape index (κ2) is 12.7. The van der Waals surface area contributed by atoms with Crippen molar-refractivity contribution in [2.45, 2.75) is 77.8 Å². The summed E-state index contributed by atoms with van der Waals surface area (Å²) in [4.78, 5) is 21.7. The van der Waals surface area contributed by atoms with Gasteiger partial charge in [-0.25, -0.2) is 4.39 Å². The lowest BCUT2D eigenvalue weighted by atomic mass is 9.78. The minimum Gasteiger partial charge on any atom is -0.350 e. The highest BCUT2D eigenvalue weighted by Crippen LogP contribution is 2.39. The molecule has 5 heteroatoms. The van der Waals surface area contributed by atoms with Crippen molar-refractivity contribution in [1.82, 2.24) is 10.2 Å². The summed E-state index contributed by atoms with van der Waals surface area (Å²) in [6.45, 7) is 11.5. The van der Waals surface area contributed by atoms with Crippen LogP contribution in [0, 0.1) is 17.7 Å². The first-order valence-corrected chi connectivity index (χ1v) is 10.8. The molecular weight excluding hydrogens is 367 g/mol. The Bertz CT molecular complexity index is 595. The van der Waals surface area contributed by atoms with Gasteiger partial charge in [0.2, 0.25) is 5.91 Å². The van der Waals surface area contributed by atoms with Gasteiger partial charge in [-0.2, -0.15) is 0 Å². The zero-order valence-electron chi connectivity index (χ0n) is 18.8. The Balaban J connectivity index is 0.000000234. The normalized spacial score (nSPS) is 23.9. The molecule has 164 valence electrons. The van der Waals surface area contributed by atoms with E-state index < -0.39 is 0 Å². The molecular formula is C24H39FN2O2. The van der Waals surface area contributed by atoms with E-state index in [1.807, 2.05) is 32.9 Å². The molecule has 2 atom stereocenters. The number of halogens is 1. The van der Waals surface area contributed by atoms with E-state index in [9.17, 15) is 9.18 Å². The van der Waals surface area contributed by atoms with Crippen molar-refractivity contribution in [2.24, 2.45) is 11.8 Å². The standard InChI is InChI=1S/C10H18N2O.C9H9F.C4H10.CH2O/c1-7-10(13)11-9(6-12(7)2)8-4-3-5-8;10-9-5-3-8(4-6-9)7-1-2-7;1-4(2)3;1-2/h7-9H,3-6H2,1-2H3,(H,11,13);3-7H,1-2H2;4H,1-3H3;1H2. The van der Waals surface area contributed by atoms with Crippen molar-refractivity contribution < 1.29 is 14.0 Å². The molecule has 1 amide bonds. The zero-order chi connectivity index (χ0) is 22.0. The molecule has 3 aliphatic rings. The predicted octanol–water partition coefficient (Wildman–Crippen LogP) is 4.79. The molecule has 1 saturated heterocycles. The third kappa shape index (κ3) is 9.07. The Kier molecular flexibility index (Phi) is 11.1. The molecule has 3 fully saturated rings. The number of rotatable bonds is 2. The number of benzene rings is 1. The zero-order valence-corrected chi connectivity index (χ0v) is 18.8. The molecule has 2 saturated carbocycles. The Morgan fingerprint density at radius 1 is 1.07 bits per heavy atom. The van der Waals surface area contributed by atoms with Crippen molar-refractivity contribution in [3.05, 3.63) is 35.6 Å². The lowest BCUT2D eigenvalue weighted by Gasteiger charge is -2.42. The summed E-state index contributed by atoms with van der Waals surface area (Å²) in [6.07, 6.45) is 6.51. The molecule has 4 nitrogen and oxygen atoms in total. The number of nitrogens with zero attached hydrogens (tertiary/aromatic N) is 1. The molecule has 0 bridgehead atoms. The molecule has 0 spiro atoms. The van der Waals surface area contributed by atoms with Gasteiger partial charge >= 0.3 is 0 Å². The molecule has 1 aromatic rings. The maximum atomic E-state index is 12.4. The summed E-state index contributed by atoms with van der Waals surface area (Å²) < 4.78 is 12.4. The first-order chi connectivity index (χ1) is 13.8. The summed E-state index contributed by atoms with van der Waals surface area (Å²) in [6, 6.07) is 7.31. The van der Waals surface area contributed by atoms with Crippen molar-refractivity contribution in [1.29, 1.82) is 0 Å². The van der Waals surface area contributed by atoms with E-state index in [4.69, 9.17) is 4.79 Å². The molecule has 29 heavy (non-hydrogen) atoms. The van der Waals surface area contributed by atoms with Gasteiger partial charge in [-0.05, 0) is 75.1 Å². The molecule has 0 radical (unpaired) electrons. The number of nitrogens with one attached hydrogen (secondary N) is 1. The van der Waals surface area contributed by atoms with Crippen LogP contribution in [0.4, 0.5) is 4.39 Å². The van der Waals surface area contributed by atoms with E-state index in [2.05, 4.69) is 31.0 Å². The second-order valence-electron chi connectivity index (χ2n) is 8.98. The monoisotopic (exact) mass is 406 g/mol. The van der Waals surface area contributed by atoms with Gasteiger partial charge in [0.25, 0.3) is 0 Å². The number of hydrogen-bond donors (Lipinski definition) is 1. The average Bonchev–Trinajstić information content (AvgIpc) is 3.46. The van der Waals surface area contributed by atoms with E-state index in [1.54, 1.807) is 0 Å². The summed E-state index contributed by atoms with van der Waals surface area (Å²) in [5.41, 5.74) is 1.29. The van der Waals surface area contributed by atoms with Gasteiger partial charge < -0.3 is 10.1 Å². The lowest BCUT2D eigenvalue weighted by molar-refractivity contribution is -0.130. The first kappa shape index (κ1) is 25.3. The van der Waals surface area contributed by atoms with Crippen LogP contribution in [0.1, 0.15) is 71.3 Å². The Hall–Kier alpha value is -1.75. The highest BCUT2D eigenvalue weighted by atomic mass is 19.1. The van der Waals surface area contributed by atoms with Crippen molar-refractivity contribution >= 4 is 12.7 Å². The molecule has 1 aromatic carbocycles. The summed E-state index contributed by atoms with van der Waals surface area (Å²) in [5.74, 6) is 2.38. The van der Waals surface area contributed by atoms with Crippen LogP contribution >= 0.6 is 0 Å². The first-order valence-electron chi connectivity index (χ1n) is 10.8. The highest BCUT2D eigenvalue weighted by Gasteiger charge is 2.35. The number of piperazine rings is 1. The number of likely N-dealkylation sites (N-methyl/N-ethyl adjacent to an activating group) is 1. The summed E-state index contributed by atoms with van der Waals surface area (Å²) >= 11 is 0. The number of carbonyl (C=O) groups is 2. The summed E-state index contributed by atoms with van der Waals surface area (Å²) in [5, 5.41) is 3.12. The minimum absolute atomic E-state index is 0.0522. The average molecular weight is 407 g/mol. The SMILES string of the molecule is C=O.CC(C)C.CC1C(=O)NC(C2CCC2)CN1C.Fc1ccc(C2CC2)cc1. The number of carbonyl (C=O) groups excluding carboxylic acids is 2. The van der Waals surface area contributed by atoms with E-state index in [0.29, 0.717) is 6.04 Å². The van der Waals surface area contributed by atoms with E-state index in [1.165, 1.54) is 49.8 Å². The van der Waals surface area contributed by atoms with Gasteiger partial charge in [0.15, 0.2) is 0 Å². The van der Waals surface area contributed by atoms with E-state index >= 15 is 0 Å². The molecule has 4 rings (SSSR count). The van der Waals surface area contributed by atoms with Crippen molar-refractivity contribution in [3.63, 3.8) is 0 Å². The molecule has 2 unspecified atom stereocenters. The molecule has 1 heterocycles. The molecule has 0 aromatic heterocycles. The predicted molar refractivity (Wildman–Crippen MR) is 117 cm³/mol. The Morgan fingerprint density at radius 3 is 1.97 bits per heavy atom.